The zero-order valence-corrected chi connectivity index (χ0v) is 28.6. The van der Waals surface area contributed by atoms with Gasteiger partial charge in [-0.3, -0.25) is 0 Å². The second kappa shape index (κ2) is 12.9. The molecule has 0 aliphatic carbocycles. The molecule has 0 aliphatic heterocycles. The summed E-state index contributed by atoms with van der Waals surface area (Å²) in [6, 6.07) is 65.2. The van der Waals surface area contributed by atoms with Gasteiger partial charge in [0.1, 0.15) is 11.2 Å². The van der Waals surface area contributed by atoms with E-state index >= 15 is 0 Å². The minimum Gasteiger partial charge on any atom is -0.456 e. The van der Waals surface area contributed by atoms with E-state index in [0.29, 0.717) is 17.5 Å². The van der Waals surface area contributed by atoms with Crippen LogP contribution in [0.25, 0.3) is 100 Å². The molecule has 4 nitrogen and oxygen atoms in total. The van der Waals surface area contributed by atoms with Crippen molar-refractivity contribution < 1.29 is 4.42 Å². The summed E-state index contributed by atoms with van der Waals surface area (Å²) < 4.78 is 6.52. The number of benzene rings is 8. The fourth-order valence-corrected chi connectivity index (χ4v) is 7.21. The second-order valence-electron chi connectivity index (χ2n) is 13.3. The topological polar surface area (TPSA) is 51.8 Å². The number of rotatable bonds is 6. The molecule has 0 radical (unpaired) electrons. The number of furan rings is 1. The van der Waals surface area contributed by atoms with Crippen LogP contribution >= 0.6 is 0 Å². The molecule has 53 heavy (non-hydrogen) atoms. The molecule has 0 N–H and O–H groups in total. The van der Waals surface area contributed by atoms with Gasteiger partial charge in [-0.15, -0.1) is 0 Å². The largest absolute Gasteiger partial charge is 0.456 e. The Labute approximate surface area is 306 Å². The molecule has 4 heteroatoms. The van der Waals surface area contributed by atoms with E-state index in [1.54, 1.807) is 0 Å². The Morgan fingerprint density at radius 2 is 0.792 bits per heavy atom. The van der Waals surface area contributed by atoms with Crippen LogP contribution in [0.5, 0.6) is 0 Å². The highest BCUT2D eigenvalue weighted by atomic mass is 16.3. The predicted molar refractivity (Wildman–Crippen MR) is 217 cm³/mol. The number of fused-ring (bicyclic) bond motifs is 4. The van der Waals surface area contributed by atoms with E-state index in [9.17, 15) is 0 Å². The van der Waals surface area contributed by atoms with E-state index in [1.165, 1.54) is 16.3 Å². The van der Waals surface area contributed by atoms with Crippen molar-refractivity contribution in [2.45, 2.75) is 0 Å². The molecule has 0 saturated carbocycles. The average Bonchev–Trinajstić information content (AvgIpc) is 3.62. The molecule has 0 atom stereocenters. The van der Waals surface area contributed by atoms with Crippen LogP contribution in [0, 0.1) is 0 Å². The molecule has 248 valence electrons. The van der Waals surface area contributed by atoms with Gasteiger partial charge < -0.3 is 4.42 Å². The Bertz CT molecular complexity index is 2910. The summed E-state index contributed by atoms with van der Waals surface area (Å²) in [7, 11) is 0. The van der Waals surface area contributed by atoms with Gasteiger partial charge in [-0.1, -0.05) is 164 Å². The highest BCUT2D eigenvalue weighted by Gasteiger charge is 2.20. The smallest absolute Gasteiger partial charge is 0.164 e. The summed E-state index contributed by atoms with van der Waals surface area (Å²) >= 11 is 0. The molecule has 0 spiro atoms. The highest BCUT2D eigenvalue weighted by molar-refractivity contribution is 6.13. The molecule has 0 aliphatic rings. The summed E-state index contributed by atoms with van der Waals surface area (Å²) in [5, 5.41) is 4.47. The number of para-hydroxylation sites is 1. The van der Waals surface area contributed by atoms with E-state index in [1.807, 2.05) is 54.6 Å². The van der Waals surface area contributed by atoms with Crippen molar-refractivity contribution >= 4 is 32.7 Å². The lowest BCUT2D eigenvalue weighted by atomic mass is 9.96. The maximum absolute atomic E-state index is 6.52. The highest BCUT2D eigenvalue weighted by Crippen LogP contribution is 2.40. The quantitative estimate of drug-likeness (QED) is 0.176. The molecule has 0 amide bonds. The first-order valence-corrected chi connectivity index (χ1v) is 17.8. The van der Waals surface area contributed by atoms with Crippen molar-refractivity contribution in [1.29, 1.82) is 0 Å². The maximum atomic E-state index is 6.52. The van der Waals surface area contributed by atoms with Crippen LogP contribution in [0.4, 0.5) is 0 Å². The predicted octanol–water partition coefficient (Wildman–Crippen LogP) is 12.9. The SMILES string of the molecule is c1ccc(-c2ccc(-c3nc(-c4ccccc4)nc(-c4cc(-c5ccc(-c6ccc7ccccc7c6)cc5)cc5oc6ccccc6c45)n3)cc2)cc1. The third-order valence-electron chi connectivity index (χ3n) is 9.94. The first-order chi connectivity index (χ1) is 26.2. The van der Waals surface area contributed by atoms with Gasteiger partial charge in [0.05, 0.1) is 0 Å². The van der Waals surface area contributed by atoms with Crippen LogP contribution in [-0.2, 0) is 0 Å². The number of nitrogens with zero attached hydrogens (tertiary/aromatic N) is 3. The molecule has 10 aromatic rings. The zero-order chi connectivity index (χ0) is 35.1. The van der Waals surface area contributed by atoms with Gasteiger partial charge >= 0.3 is 0 Å². The van der Waals surface area contributed by atoms with E-state index in [0.717, 1.165) is 66.4 Å². The van der Waals surface area contributed by atoms with Gasteiger partial charge in [-0.05, 0) is 68.4 Å². The van der Waals surface area contributed by atoms with Crippen molar-refractivity contribution in [2.24, 2.45) is 0 Å². The molecule has 0 bridgehead atoms. The Kier molecular flexibility index (Phi) is 7.43. The van der Waals surface area contributed by atoms with Crippen molar-refractivity contribution in [3.63, 3.8) is 0 Å². The molecule has 0 fully saturated rings. The van der Waals surface area contributed by atoms with Crippen molar-refractivity contribution in [2.75, 3.05) is 0 Å². The molecular formula is C49H31N3O. The van der Waals surface area contributed by atoms with Crippen LogP contribution in [0.3, 0.4) is 0 Å². The van der Waals surface area contributed by atoms with Gasteiger partial charge in [-0.25, -0.2) is 15.0 Å². The summed E-state index contributed by atoms with van der Waals surface area (Å²) in [6.45, 7) is 0. The summed E-state index contributed by atoms with van der Waals surface area (Å²) in [5.41, 5.74) is 11.1. The molecule has 0 saturated heterocycles. The zero-order valence-electron chi connectivity index (χ0n) is 28.6. The normalized spacial score (nSPS) is 11.4. The average molecular weight is 678 g/mol. The Morgan fingerprint density at radius 1 is 0.302 bits per heavy atom. The molecule has 8 aromatic carbocycles. The van der Waals surface area contributed by atoms with Crippen LogP contribution in [0.1, 0.15) is 0 Å². The third-order valence-corrected chi connectivity index (χ3v) is 9.94. The Hall–Kier alpha value is -7.17. The van der Waals surface area contributed by atoms with Crippen molar-refractivity contribution in [1.82, 2.24) is 15.0 Å². The first kappa shape index (κ1) is 30.6. The van der Waals surface area contributed by atoms with Crippen LogP contribution in [0.2, 0.25) is 0 Å². The van der Waals surface area contributed by atoms with Crippen LogP contribution < -0.4 is 0 Å². The van der Waals surface area contributed by atoms with Crippen molar-refractivity contribution in [3.8, 4) is 67.5 Å². The Balaban J connectivity index is 1.13. The number of hydrogen-bond acceptors (Lipinski definition) is 4. The Morgan fingerprint density at radius 3 is 1.51 bits per heavy atom. The van der Waals surface area contributed by atoms with E-state index in [2.05, 4.69) is 133 Å². The van der Waals surface area contributed by atoms with Gasteiger partial charge in [0.25, 0.3) is 0 Å². The maximum Gasteiger partial charge on any atom is 0.164 e. The van der Waals surface area contributed by atoms with E-state index in [4.69, 9.17) is 19.4 Å². The lowest BCUT2D eigenvalue weighted by Gasteiger charge is -2.12. The van der Waals surface area contributed by atoms with Gasteiger partial charge in [-0.2, -0.15) is 0 Å². The van der Waals surface area contributed by atoms with Gasteiger partial charge in [0.2, 0.25) is 0 Å². The lowest BCUT2D eigenvalue weighted by Crippen LogP contribution is -2.00. The van der Waals surface area contributed by atoms with Crippen LogP contribution in [0.15, 0.2) is 192 Å². The fourth-order valence-electron chi connectivity index (χ4n) is 7.21. The van der Waals surface area contributed by atoms with Crippen LogP contribution in [-0.4, -0.2) is 15.0 Å². The minimum atomic E-state index is 0.590. The molecule has 2 aromatic heterocycles. The lowest BCUT2D eigenvalue weighted by molar-refractivity contribution is 0.669. The molecular weight excluding hydrogens is 647 g/mol. The number of aromatic nitrogens is 3. The molecule has 2 heterocycles. The van der Waals surface area contributed by atoms with Crippen molar-refractivity contribution in [3.05, 3.63) is 188 Å². The second-order valence-corrected chi connectivity index (χ2v) is 13.3. The summed E-state index contributed by atoms with van der Waals surface area (Å²) in [4.78, 5) is 15.4. The first-order valence-electron chi connectivity index (χ1n) is 17.8. The minimum absolute atomic E-state index is 0.590. The third kappa shape index (κ3) is 5.73. The number of hydrogen-bond donors (Lipinski definition) is 0. The molecule has 10 rings (SSSR count). The monoisotopic (exact) mass is 677 g/mol. The molecule has 0 unspecified atom stereocenters. The fraction of sp³-hybridized carbons (Fsp3) is 0. The van der Waals surface area contributed by atoms with E-state index < -0.39 is 0 Å². The van der Waals surface area contributed by atoms with E-state index in [-0.39, 0.29) is 0 Å². The summed E-state index contributed by atoms with van der Waals surface area (Å²) in [5.74, 6) is 1.82. The van der Waals surface area contributed by atoms with Gasteiger partial charge in [0, 0.05) is 27.5 Å². The summed E-state index contributed by atoms with van der Waals surface area (Å²) in [6.07, 6.45) is 0. The standard InChI is InChI=1S/C49H31N3O/c1-3-11-32(12-4-1)34-23-26-38(27-24-34)48-50-47(37-14-5-2-6-15-37)51-49(52-48)43-30-41(31-45-46(43)42-17-9-10-18-44(42)53-45)36-21-19-35(20-22-36)40-28-25-33-13-7-8-16-39(33)29-40/h1-31H. The van der Waals surface area contributed by atoms with Gasteiger partial charge in [0.15, 0.2) is 17.5 Å².